The third kappa shape index (κ3) is 4.08. The molecule has 1 aromatic carbocycles. The van der Waals surface area contributed by atoms with E-state index >= 15 is 0 Å². The fourth-order valence-electron chi connectivity index (χ4n) is 3.26. The predicted molar refractivity (Wildman–Crippen MR) is 104 cm³/mol. The van der Waals surface area contributed by atoms with Crippen molar-refractivity contribution in [1.82, 2.24) is 0 Å². The number of thiophene rings is 1. The molecule has 0 fully saturated rings. The molecule has 2 aromatic rings. The summed E-state index contributed by atoms with van der Waals surface area (Å²) in [6, 6.07) is 4.96. The minimum absolute atomic E-state index is 0.325. The zero-order chi connectivity index (χ0) is 19.4. The predicted octanol–water partition coefficient (Wildman–Crippen LogP) is 4.07. The molecule has 0 spiro atoms. The van der Waals surface area contributed by atoms with Crippen LogP contribution in [-0.2, 0) is 17.6 Å². The van der Waals surface area contributed by atoms with Crippen LogP contribution in [0.1, 0.15) is 50.4 Å². The SMILES string of the molecule is COC(=O)c1c(NC(=O)c2cc(OC)cc(OC)c2)sc2c1CCCCC2. The topological polar surface area (TPSA) is 73.9 Å². The molecule has 1 heterocycles. The van der Waals surface area contributed by atoms with E-state index in [0.29, 0.717) is 27.6 Å². The third-order valence-electron chi connectivity index (χ3n) is 4.65. The molecule has 0 aliphatic heterocycles. The monoisotopic (exact) mass is 389 g/mol. The summed E-state index contributed by atoms with van der Waals surface area (Å²) < 4.78 is 15.4. The van der Waals surface area contributed by atoms with Crippen LogP contribution in [0.5, 0.6) is 11.5 Å². The highest BCUT2D eigenvalue weighted by atomic mass is 32.1. The standard InChI is InChI=1S/C20H23NO5S/c1-24-13-9-12(10-14(11-13)25-2)18(22)21-19-17(20(23)26-3)15-7-5-4-6-8-16(15)27-19/h9-11H,4-8H2,1-3H3,(H,21,22). The molecule has 6 nitrogen and oxygen atoms in total. The Hall–Kier alpha value is -2.54. The number of benzene rings is 1. The Morgan fingerprint density at radius 2 is 1.63 bits per heavy atom. The van der Waals surface area contributed by atoms with Gasteiger partial charge in [-0.3, -0.25) is 4.79 Å². The van der Waals surface area contributed by atoms with Gasteiger partial charge in [0.05, 0.1) is 26.9 Å². The second kappa shape index (κ2) is 8.43. The summed E-state index contributed by atoms with van der Waals surface area (Å²) in [7, 11) is 4.42. The van der Waals surface area contributed by atoms with Crippen molar-refractivity contribution in [3.8, 4) is 11.5 Å². The number of hydrogen-bond acceptors (Lipinski definition) is 6. The van der Waals surface area contributed by atoms with Crippen molar-refractivity contribution in [3.63, 3.8) is 0 Å². The number of carbonyl (C=O) groups is 2. The van der Waals surface area contributed by atoms with Gasteiger partial charge in [-0.2, -0.15) is 0 Å². The molecule has 1 aliphatic carbocycles. The first-order chi connectivity index (χ1) is 13.1. The molecule has 3 rings (SSSR count). The highest BCUT2D eigenvalue weighted by Gasteiger charge is 2.26. The molecular weight excluding hydrogens is 366 g/mol. The lowest BCUT2D eigenvalue weighted by Crippen LogP contribution is -2.15. The Kier molecular flexibility index (Phi) is 6.01. The average Bonchev–Trinajstić information content (AvgIpc) is 2.86. The van der Waals surface area contributed by atoms with E-state index in [4.69, 9.17) is 14.2 Å². The van der Waals surface area contributed by atoms with Crippen LogP contribution in [0.25, 0.3) is 0 Å². The Labute approximate surface area is 162 Å². The van der Waals surface area contributed by atoms with Crippen molar-refractivity contribution >= 4 is 28.2 Å². The summed E-state index contributed by atoms with van der Waals surface area (Å²) >= 11 is 1.47. The highest BCUT2D eigenvalue weighted by Crippen LogP contribution is 2.38. The number of esters is 1. The lowest BCUT2D eigenvalue weighted by molar-refractivity contribution is 0.0601. The number of amides is 1. The lowest BCUT2D eigenvalue weighted by Gasteiger charge is -2.10. The van der Waals surface area contributed by atoms with Gasteiger partial charge in [-0.15, -0.1) is 11.3 Å². The zero-order valence-corrected chi connectivity index (χ0v) is 16.5. The smallest absolute Gasteiger partial charge is 0.341 e. The van der Waals surface area contributed by atoms with Crippen LogP contribution >= 0.6 is 11.3 Å². The summed E-state index contributed by atoms with van der Waals surface area (Å²) in [6.45, 7) is 0. The maximum Gasteiger partial charge on any atom is 0.341 e. The normalized spacial score (nSPS) is 13.3. The molecule has 7 heteroatoms. The van der Waals surface area contributed by atoms with Gasteiger partial charge in [-0.25, -0.2) is 4.79 Å². The third-order valence-corrected chi connectivity index (χ3v) is 5.86. The van der Waals surface area contributed by atoms with E-state index in [2.05, 4.69) is 5.32 Å². The van der Waals surface area contributed by atoms with Gasteiger partial charge in [0.1, 0.15) is 16.5 Å². The first-order valence-electron chi connectivity index (χ1n) is 8.84. The maximum atomic E-state index is 12.8. The molecule has 0 radical (unpaired) electrons. The van der Waals surface area contributed by atoms with E-state index in [-0.39, 0.29) is 5.91 Å². The van der Waals surface area contributed by atoms with E-state index in [1.54, 1.807) is 18.2 Å². The van der Waals surface area contributed by atoms with Crippen molar-refractivity contribution in [1.29, 1.82) is 0 Å². The Morgan fingerprint density at radius 1 is 0.963 bits per heavy atom. The number of aryl methyl sites for hydroxylation is 1. The van der Waals surface area contributed by atoms with Crippen LogP contribution in [0.4, 0.5) is 5.00 Å². The summed E-state index contributed by atoms with van der Waals surface area (Å²) in [5.74, 6) is 0.311. The molecule has 144 valence electrons. The molecule has 1 amide bonds. The van der Waals surface area contributed by atoms with E-state index in [1.807, 2.05) is 0 Å². The van der Waals surface area contributed by atoms with Crippen molar-refractivity contribution in [2.45, 2.75) is 32.1 Å². The molecular formula is C20H23NO5S. The maximum absolute atomic E-state index is 12.8. The summed E-state index contributed by atoms with van der Waals surface area (Å²) in [5.41, 5.74) is 1.90. The van der Waals surface area contributed by atoms with Crippen LogP contribution in [0.3, 0.4) is 0 Å². The number of ether oxygens (including phenoxy) is 3. The van der Waals surface area contributed by atoms with E-state index < -0.39 is 5.97 Å². The molecule has 0 saturated heterocycles. The van der Waals surface area contributed by atoms with Crippen molar-refractivity contribution in [3.05, 3.63) is 39.8 Å². The van der Waals surface area contributed by atoms with E-state index in [0.717, 1.165) is 42.5 Å². The van der Waals surface area contributed by atoms with Gasteiger partial charge in [0, 0.05) is 16.5 Å². The fraction of sp³-hybridized carbons (Fsp3) is 0.400. The second-order valence-corrected chi connectivity index (χ2v) is 7.42. The Morgan fingerprint density at radius 3 is 2.26 bits per heavy atom. The molecule has 0 unspecified atom stereocenters. The van der Waals surface area contributed by atoms with E-state index in [1.165, 1.54) is 32.7 Å². The van der Waals surface area contributed by atoms with Crippen LogP contribution in [0, 0.1) is 0 Å². The van der Waals surface area contributed by atoms with Gasteiger partial charge >= 0.3 is 5.97 Å². The molecule has 1 N–H and O–H groups in total. The zero-order valence-electron chi connectivity index (χ0n) is 15.7. The molecule has 27 heavy (non-hydrogen) atoms. The van der Waals surface area contributed by atoms with Gasteiger partial charge in [-0.1, -0.05) is 6.42 Å². The molecule has 0 saturated carbocycles. The first-order valence-corrected chi connectivity index (χ1v) is 9.66. The number of fused-ring (bicyclic) bond motifs is 1. The van der Waals surface area contributed by atoms with Crippen molar-refractivity contribution < 1.29 is 23.8 Å². The summed E-state index contributed by atoms with van der Waals surface area (Å²) in [6.07, 6.45) is 5.03. The minimum Gasteiger partial charge on any atom is -0.497 e. The van der Waals surface area contributed by atoms with Crippen LogP contribution in [-0.4, -0.2) is 33.2 Å². The van der Waals surface area contributed by atoms with Crippen molar-refractivity contribution in [2.75, 3.05) is 26.6 Å². The largest absolute Gasteiger partial charge is 0.497 e. The Balaban J connectivity index is 1.95. The van der Waals surface area contributed by atoms with E-state index in [9.17, 15) is 9.59 Å². The van der Waals surface area contributed by atoms with Crippen LogP contribution in [0.15, 0.2) is 18.2 Å². The highest BCUT2D eigenvalue weighted by molar-refractivity contribution is 7.17. The number of anilines is 1. The number of nitrogens with one attached hydrogen (secondary N) is 1. The number of hydrogen-bond donors (Lipinski definition) is 1. The number of methoxy groups -OCH3 is 3. The van der Waals surface area contributed by atoms with Gasteiger partial charge in [0.25, 0.3) is 5.91 Å². The summed E-state index contributed by atoms with van der Waals surface area (Å²) in [5, 5.41) is 3.43. The quantitative estimate of drug-likeness (QED) is 0.616. The van der Waals surface area contributed by atoms with Gasteiger partial charge in [-0.05, 0) is 43.4 Å². The molecule has 0 atom stereocenters. The first kappa shape index (κ1) is 19.2. The van der Waals surface area contributed by atoms with Gasteiger partial charge in [0.15, 0.2) is 0 Å². The molecule has 1 aromatic heterocycles. The number of rotatable bonds is 5. The van der Waals surface area contributed by atoms with Crippen LogP contribution in [0.2, 0.25) is 0 Å². The second-order valence-electron chi connectivity index (χ2n) is 6.32. The van der Waals surface area contributed by atoms with Gasteiger partial charge < -0.3 is 19.5 Å². The minimum atomic E-state index is -0.409. The van der Waals surface area contributed by atoms with Gasteiger partial charge in [0.2, 0.25) is 0 Å². The molecule has 1 aliphatic rings. The number of carbonyl (C=O) groups excluding carboxylic acids is 2. The van der Waals surface area contributed by atoms with Crippen molar-refractivity contribution in [2.24, 2.45) is 0 Å². The fourth-order valence-corrected chi connectivity index (χ4v) is 4.53. The average molecular weight is 389 g/mol. The Bertz CT molecular complexity index is 836. The lowest BCUT2D eigenvalue weighted by atomic mass is 10.1. The molecule has 0 bridgehead atoms. The van der Waals surface area contributed by atoms with Crippen LogP contribution < -0.4 is 14.8 Å². The summed E-state index contributed by atoms with van der Waals surface area (Å²) in [4.78, 5) is 26.4.